The molecule has 0 unspecified atom stereocenters. The summed E-state index contributed by atoms with van der Waals surface area (Å²) < 4.78 is 35.3. The fourth-order valence-corrected chi connectivity index (χ4v) is 5.01. The van der Waals surface area contributed by atoms with Crippen LogP contribution in [0.1, 0.15) is 42.4 Å². The van der Waals surface area contributed by atoms with E-state index in [0.29, 0.717) is 36.6 Å². The number of urea groups is 1. The first-order valence-corrected chi connectivity index (χ1v) is 11.6. The van der Waals surface area contributed by atoms with Crippen LogP contribution in [0.3, 0.4) is 0 Å². The molecule has 0 spiro atoms. The smallest absolute Gasteiger partial charge is 0.319 e. The van der Waals surface area contributed by atoms with Gasteiger partial charge >= 0.3 is 6.03 Å². The van der Waals surface area contributed by atoms with Crippen molar-refractivity contribution in [1.29, 1.82) is 5.26 Å². The fraction of sp³-hybridized carbons (Fsp3) is 0.360. The van der Waals surface area contributed by atoms with E-state index in [1.165, 1.54) is 18.2 Å². The van der Waals surface area contributed by atoms with Crippen molar-refractivity contribution in [3.63, 3.8) is 0 Å². The van der Waals surface area contributed by atoms with Gasteiger partial charge in [-0.3, -0.25) is 14.9 Å². The summed E-state index contributed by atoms with van der Waals surface area (Å²) in [6.07, 6.45) is 0.849. The van der Waals surface area contributed by atoms with Crippen LogP contribution >= 0.6 is 0 Å². The van der Waals surface area contributed by atoms with Gasteiger partial charge in [-0.15, -0.1) is 0 Å². The number of amides is 4. The van der Waals surface area contributed by atoms with Gasteiger partial charge in [0.1, 0.15) is 17.4 Å². The van der Waals surface area contributed by atoms with E-state index in [0.717, 1.165) is 6.07 Å². The molecule has 2 aromatic carbocycles. The third-order valence-electron chi connectivity index (χ3n) is 6.98. The standard InChI is InChI=1S/C25H23F2N5O4/c1-12-19(30-25(35)29-18-4-2-13(10-28)8-16(18)26)11-32(12)20-9-17(27)22(14-6-7-36-23(14)20)15-3-5-21(33)31-24(15)34/h2,4,8-9,12,15,19H,3,5-7,11H2,1H3,(H2,29,30,35)(H,31,33,34)/t12-,15+,19-/m0/s1. The average molecular weight is 495 g/mol. The number of hydrogen-bond donors (Lipinski definition) is 3. The number of nitriles is 1. The molecule has 5 rings (SSSR count). The molecular weight excluding hydrogens is 472 g/mol. The van der Waals surface area contributed by atoms with Crippen LogP contribution in [0, 0.1) is 23.0 Å². The van der Waals surface area contributed by atoms with Crippen molar-refractivity contribution < 1.29 is 27.9 Å². The van der Waals surface area contributed by atoms with Gasteiger partial charge in [-0.2, -0.15) is 5.26 Å². The third-order valence-corrected chi connectivity index (χ3v) is 6.98. The zero-order valence-electron chi connectivity index (χ0n) is 19.4. The van der Waals surface area contributed by atoms with Crippen LogP contribution in [-0.2, 0) is 16.0 Å². The number of nitrogens with zero attached hydrogens (tertiary/aromatic N) is 2. The van der Waals surface area contributed by atoms with Crippen LogP contribution in [0.25, 0.3) is 0 Å². The lowest BCUT2D eigenvalue weighted by atomic mass is 9.85. The van der Waals surface area contributed by atoms with E-state index < -0.39 is 29.5 Å². The fourth-order valence-electron chi connectivity index (χ4n) is 5.01. The number of benzene rings is 2. The number of imide groups is 1. The van der Waals surface area contributed by atoms with Crippen molar-refractivity contribution in [3.05, 3.63) is 52.6 Å². The molecule has 0 aromatic heterocycles. The van der Waals surface area contributed by atoms with Gasteiger partial charge in [-0.05, 0) is 31.5 Å². The van der Waals surface area contributed by atoms with Crippen molar-refractivity contribution in [2.75, 3.05) is 23.4 Å². The molecule has 2 saturated heterocycles. The second-order valence-corrected chi connectivity index (χ2v) is 9.11. The van der Waals surface area contributed by atoms with Gasteiger partial charge in [-0.1, -0.05) is 0 Å². The molecule has 0 radical (unpaired) electrons. The molecule has 3 aliphatic heterocycles. The molecule has 0 saturated carbocycles. The van der Waals surface area contributed by atoms with Gasteiger partial charge in [0.2, 0.25) is 11.8 Å². The number of anilines is 2. The normalized spacial score (nSPS) is 22.6. The Morgan fingerprint density at radius 1 is 1.22 bits per heavy atom. The molecule has 3 atom stereocenters. The Labute approximate surface area is 205 Å². The molecule has 0 aliphatic carbocycles. The van der Waals surface area contributed by atoms with Crippen LogP contribution in [0.15, 0.2) is 24.3 Å². The van der Waals surface area contributed by atoms with Gasteiger partial charge in [-0.25, -0.2) is 13.6 Å². The Bertz CT molecular complexity index is 1320. The average Bonchev–Trinajstić information content (AvgIpc) is 3.33. The Morgan fingerprint density at radius 3 is 2.72 bits per heavy atom. The molecule has 3 aliphatic rings. The van der Waals surface area contributed by atoms with Gasteiger partial charge < -0.3 is 20.3 Å². The van der Waals surface area contributed by atoms with Gasteiger partial charge in [0.05, 0.1) is 41.6 Å². The quantitative estimate of drug-likeness (QED) is 0.561. The van der Waals surface area contributed by atoms with E-state index in [1.807, 2.05) is 17.9 Å². The van der Waals surface area contributed by atoms with E-state index in [1.54, 1.807) is 0 Å². The topological polar surface area (TPSA) is 124 Å². The summed E-state index contributed by atoms with van der Waals surface area (Å²) in [4.78, 5) is 38.2. The molecular formula is C25H23F2N5O4. The highest BCUT2D eigenvalue weighted by molar-refractivity contribution is 6.01. The van der Waals surface area contributed by atoms with E-state index >= 15 is 4.39 Å². The van der Waals surface area contributed by atoms with E-state index in [2.05, 4.69) is 16.0 Å². The van der Waals surface area contributed by atoms with Crippen LogP contribution in [-0.4, -0.2) is 43.1 Å². The summed E-state index contributed by atoms with van der Waals surface area (Å²) in [6.45, 7) is 2.59. The number of ether oxygens (including phenoxy) is 1. The lowest BCUT2D eigenvalue weighted by Gasteiger charge is -2.48. The first kappa shape index (κ1) is 23.5. The Balaban J connectivity index is 1.29. The highest BCUT2D eigenvalue weighted by atomic mass is 19.1. The molecule has 9 nitrogen and oxygen atoms in total. The van der Waals surface area contributed by atoms with Crippen molar-refractivity contribution in [1.82, 2.24) is 10.6 Å². The van der Waals surface area contributed by atoms with Crippen LogP contribution in [0.4, 0.5) is 25.0 Å². The number of carbonyl (C=O) groups is 3. The van der Waals surface area contributed by atoms with Crippen molar-refractivity contribution in [2.24, 2.45) is 0 Å². The Morgan fingerprint density at radius 2 is 2.03 bits per heavy atom. The summed E-state index contributed by atoms with van der Waals surface area (Å²) in [6, 6.07) is 5.83. The number of hydrogen-bond acceptors (Lipinski definition) is 6. The van der Waals surface area contributed by atoms with E-state index in [9.17, 15) is 18.8 Å². The number of rotatable bonds is 4. The summed E-state index contributed by atoms with van der Waals surface area (Å²) >= 11 is 0. The maximum absolute atomic E-state index is 15.4. The number of carbonyl (C=O) groups excluding carboxylic acids is 3. The van der Waals surface area contributed by atoms with Crippen LogP contribution < -0.4 is 25.6 Å². The molecule has 11 heteroatoms. The summed E-state index contributed by atoms with van der Waals surface area (Å²) in [7, 11) is 0. The largest absolute Gasteiger partial charge is 0.491 e. The molecule has 3 N–H and O–H groups in total. The van der Waals surface area contributed by atoms with Crippen molar-refractivity contribution in [3.8, 4) is 11.8 Å². The maximum atomic E-state index is 15.4. The van der Waals surface area contributed by atoms with Gasteiger partial charge in [0.25, 0.3) is 0 Å². The van der Waals surface area contributed by atoms with Gasteiger partial charge in [0.15, 0.2) is 0 Å². The predicted molar refractivity (Wildman–Crippen MR) is 125 cm³/mol. The highest BCUT2D eigenvalue weighted by Gasteiger charge is 2.41. The lowest BCUT2D eigenvalue weighted by molar-refractivity contribution is -0.134. The summed E-state index contributed by atoms with van der Waals surface area (Å²) in [5, 5.41) is 16.3. The third kappa shape index (κ3) is 4.08. The zero-order valence-corrected chi connectivity index (χ0v) is 19.4. The second kappa shape index (κ2) is 9.11. The minimum atomic E-state index is -0.748. The molecule has 2 fully saturated rings. The zero-order chi connectivity index (χ0) is 25.6. The molecule has 2 aromatic rings. The SMILES string of the molecule is C[C@H]1[C@@H](NC(=O)Nc2ccc(C#N)cc2F)CN1c1cc(F)c([C@H]2CCC(=O)NC2=O)c2c1OCC2. The molecule has 36 heavy (non-hydrogen) atoms. The van der Waals surface area contributed by atoms with Crippen molar-refractivity contribution >= 4 is 29.2 Å². The number of piperidine rings is 1. The minimum Gasteiger partial charge on any atom is -0.491 e. The number of halogens is 2. The number of fused-ring (bicyclic) bond motifs is 1. The highest BCUT2D eigenvalue weighted by Crippen LogP contribution is 2.46. The molecule has 186 valence electrons. The number of nitrogens with one attached hydrogen (secondary N) is 3. The monoisotopic (exact) mass is 495 g/mol. The second-order valence-electron chi connectivity index (χ2n) is 9.11. The minimum absolute atomic E-state index is 0.0485. The molecule has 4 amide bonds. The summed E-state index contributed by atoms with van der Waals surface area (Å²) in [5.74, 6) is -2.33. The maximum Gasteiger partial charge on any atom is 0.319 e. The van der Waals surface area contributed by atoms with E-state index in [-0.39, 0.29) is 47.6 Å². The van der Waals surface area contributed by atoms with Crippen molar-refractivity contribution in [2.45, 2.75) is 44.2 Å². The first-order chi connectivity index (χ1) is 17.3. The first-order valence-electron chi connectivity index (χ1n) is 11.6. The van der Waals surface area contributed by atoms with E-state index in [4.69, 9.17) is 10.00 Å². The van der Waals surface area contributed by atoms with Crippen LogP contribution in [0.5, 0.6) is 5.75 Å². The summed E-state index contributed by atoms with van der Waals surface area (Å²) in [5.41, 5.74) is 1.56. The molecule has 3 heterocycles. The lowest BCUT2D eigenvalue weighted by Crippen LogP contribution is -2.66. The Hall–Kier alpha value is -4.20. The Kier molecular flexibility index (Phi) is 5.96. The van der Waals surface area contributed by atoms with Gasteiger partial charge in [0, 0.05) is 42.6 Å². The van der Waals surface area contributed by atoms with Crippen LogP contribution in [0.2, 0.25) is 0 Å². The predicted octanol–water partition coefficient (Wildman–Crippen LogP) is 2.69. The molecule has 0 bridgehead atoms.